The van der Waals surface area contributed by atoms with E-state index in [2.05, 4.69) is 5.32 Å². The van der Waals surface area contributed by atoms with Crippen LogP contribution in [0.5, 0.6) is 0 Å². The van der Waals surface area contributed by atoms with Gasteiger partial charge < -0.3 is 5.32 Å². The number of carbonyl (C=O) groups is 1. The van der Waals surface area contributed by atoms with Crippen LogP contribution in [0.4, 0.5) is 4.39 Å². The van der Waals surface area contributed by atoms with Gasteiger partial charge in [-0.05, 0) is 25.1 Å². The molecule has 0 spiro atoms. The van der Waals surface area contributed by atoms with Crippen molar-refractivity contribution in [3.05, 3.63) is 29.6 Å². The van der Waals surface area contributed by atoms with Crippen LogP contribution in [0.25, 0.3) is 0 Å². The summed E-state index contributed by atoms with van der Waals surface area (Å²) in [4.78, 5) is 11.4. The normalized spacial score (nSPS) is 14.6. The molecule has 3 N–H and O–H groups in total. The van der Waals surface area contributed by atoms with Gasteiger partial charge >= 0.3 is 0 Å². The topological polar surface area (TPSA) is 106 Å². The molecule has 2 unspecified atom stereocenters. The Balaban J connectivity index is 2.99. The molecule has 1 rings (SSSR count). The Labute approximate surface area is 119 Å². The largest absolute Gasteiger partial charge is 0.349 e. The average molecular weight is 322 g/mol. The molecule has 0 aliphatic carbocycles. The van der Waals surface area contributed by atoms with E-state index in [1.807, 2.05) is 0 Å². The maximum atomic E-state index is 13.3. The highest BCUT2D eigenvalue weighted by atomic mass is 32.2. The maximum Gasteiger partial charge on any atom is 0.251 e. The third kappa shape index (κ3) is 4.99. The van der Waals surface area contributed by atoms with Gasteiger partial charge in [-0.25, -0.2) is 17.9 Å². The lowest BCUT2D eigenvalue weighted by atomic mass is 10.2. The summed E-state index contributed by atoms with van der Waals surface area (Å²) in [5.41, 5.74) is -0.164. The molecule has 1 aromatic rings. The van der Waals surface area contributed by atoms with E-state index in [1.165, 1.54) is 6.26 Å². The molecule has 112 valence electrons. The van der Waals surface area contributed by atoms with Crippen LogP contribution in [0.2, 0.25) is 0 Å². The summed E-state index contributed by atoms with van der Waals surface area (Å²) in [7, 11) is -5.19. The molecule has 0 aliphatic heterocycles. The summed E-state index contributed by atoms with van der Waals surface area (Å²) >= 11 is 0. The van der Waals surface area contributed by atoms with Gasteiger partial charge in [-0.15, -0.1) is 0 Å². The molecule has 0 saturated heterocycles. The van der Waals surface area contributed by atoms with Crippen molar-refractivity contribution in [2.75, 3.05) is 12.0 Å². The quantitative estimate of drug-likeness (QED) is 0.794. The standard InChI is InChI=1S/C11H15FN2O4S2/c1-7(6-19(2)16)14-11(15)8-3-9(12)5-10(4-8)20(13,17)18/h3-5,7H,6H2,1-2H3,(H,14,15)(H2,13,17,18). The molecule has 1 amide bonds. The molecule has 1 aromatic carbocycles. The first-order valence-corrected chi connectivity index (χ1v) is 8.81. The Hall–Kier alpha value is -1.32. The fourth-order valence-corrected chi connectivity index (χ4v) is 2.91. The van der Waals surface area contributed by atoms with Crippen LogP contribution in [0.15, 0.2) is 23.1 Å². The predicted octanol–water partition coefficient (Wildman–Crippen LogP) is -0.0301. The number of sulfonamides is 1. The number of hydrogen-bond donors (Lipinski definition) is 2. The second kappa shape index (κ2) is 6.42. The lowest BCUT2D eigenvalue weighted by Gasteiger charge is -2.12. The van der Waals surface area contributed by atoms with Gasteiger partial charge in [0.15, 0.2) is 0 Å². The van der Waals surface area contributed by atoms with E-state index in [9.17, 15) is 21.8 Å². The predicted molar refractivity (Wildman–Crippen MR) is 73.6 cm³/mol. The Kier molecular flexibility index (Phi) is 5.37. The van der Waals surface area contributed by atoms with Gasteiger partial charge in [-0.2, -0.15) is 0 Å². The molecule has 0 bridgehead atoms. The molecular formula is C11H15FN2O4S2. The monoisotopic (exact) mass is 322 g/mol. The van der Waals surface area contributed by atoms with Crippen LogP contribution >= 0.6 is 0 Å². The minimum Gasteiger partial charge on any atom is -0.349 e. The number of hydrogen-bond acceptors (Lipinski definition) is 4. The molecule has 0 heterocycles. The fourth-order valence-electron chi connectivity index (χ4n) is 1.56. The molecule has 2 atom stereocenters. The minimum absolute atomic E-state index is 0.164. The Morgan fingerprint density at radius 3 is 2.55 bits per heavy atom. The molecule has 9 heteroatoms. The van der Waals surface area contributed by atoms with Crippen molar-refractivity contribution >= 4 is 26.7 Å². The third-order valence-corrected chi connectivity index (χ3v) is 4.19. The number of benzene rings is 1. The Morgan fingerprint density at radius 2 is 2.05 bits per heavy atom. The molecular weight excluding hydrogens is 307 g/mol. The van der Waals surface area contributed by atoms with Gasteiger partial charge in [0.05, 0.1) is 4.90 Å². The summed E-state index contributed by atoms with van der Waals surface area (Å²) in [6, 6.07) is 2.23. The van der Waals surface area contributed by atoms with Crippen molar-refractivity contribution in [1.82, 2.24) is 5.32 Å². The number of amides is 1. The molecule has 0 fully saturated rings. The van der Waals surface area contributed by atoms with Crippen molar-refractivity contribution in [3.8, 4) is 0 Å². The van der Waals surface area contributed by atoms with E-state index in [1.54, 1.807) is 6.92 Å². The number of rotatable bonds is 5. The zero-order valence-corrected chi connectivity index (χ0v) is 12.6. The zero-order chi connectivity index (χ0) is 15.5. The maximum absolute atomic E-state index is 13.3. The van der Waals surface area contributed by atoms with Gasteiger partial charge in [0.2, 0.25) is 10.0 Å². The number of primary sulfonamides is 1. The molecule has 20 heavy (non-hydrogen) atoms. The van der Waals surface area contributed by atoms with Gasteiger partial charge in [0, 0.05) is 34.4 Å². The smallest absolute Gasteiger partial charge is 0.251 e. The van der Waals surface area contributed by atoms with Crippen molar-refractivity contribution in [1.29, 1.82) is 0 Å². The van der Waals surface area contributed by atoms with Crippen molar-refractivity contribution in [2.24, 2.45) is 5.14 Å². The van der Waals surface area contributed by atoms with E-state index in [4.69, 9.17) is 5.14 Å². The molecule has 0 aliphatic rings. The minimum atomic E-state index is -4.10. The van der Waals surface area contributed by atoms with E-state index >= 15 is 0 Å². The second-order valence-corrected chi connectivity index (χ2v) is 7.38. The first kappa shape index (κ1) is 16.7. The summed E-state index contributed by atoms with van der Waals surface area (Å²) in [5.74, 6) is -1.30. The van der Waals surface area contributed by atoms with Gasteiger partial charge in [-0.3, -0.25) is 9.00 Å². The van der Waals surface area contributed by atoms with Crippen LogP contribution in [-0.4, -0.2) is 36.6 Å². The summed E-state index contributed by atoms with van der Waals surface area (Å²) in [6.45, 7) is 1.64. The van der Waals surface area contributed by atoms with E-state index in [-0.39, 0.29) is 11.3 Å². The van der Waals surface area contributed by atoms with Crippen LogP contribution in [0.3, 0.4) is 0 Å². The summed E-state index contributed by atoms with van der Waals surface area (Å²) < 4.78 is 46.7. The number of carbonyl (C=O) groups excluding carboxylic acids is 1. The average Bonchev–Trinajstić information content (AvgIpc) is 2.25. The summed E-state index contributed by atoms with van der Waals surface area (Å²) in [6.07, 6.45) is 1.49. The third-order valence-electron chi connectivity index (χ3n) is 2.32. The van der Waals surface area contributed by atoms with Crippen molar-refractivity contribution in [2.45, 2.75) is 17.9 Å². The summed E-state index contributed by atoms with van der Waals surface area (Å²) in [5, 5.41) is 7.39. The first-order valence-electron chi connectivity index (χ1n) is 5.54. The lowest BCUT2D eigenvalue weighted by Crippen LogP contribution is -2.36. The van der Waals surface area contributed by atoms with Gasteiger partial charge in [0.1, 0.15) is 5.82 Å². The SMILES string of the molecule is CC(CS(C)=O)NC(=O)c1cc(F)cc(S(N)(=O)=O)c1. The zero-order valence-electron chi connectivity index (χ0n) is 10.9. The van der Waals surface area contributed by atoms with E-state index in [0.717, 1.165) is 18.2 Å². The number of nitrogens with one attached hydrogen (secondary N) is 1. The van der Waals surface area contributed by atoms with Crippen LogP contribution in [0, 0.1) is 5.82 Å². The number of nitrogens with two attached hydrogens (primary N) is 1. The van der Waals surface area contributed by atoms with Gasteiger partial charge in [0.25, 0.3) is 5.91 Å². The van der Waals surface area contributed by atoms with Crippen LogP contribution < -0.4 is 10.5 Å². The van der Waals surface area contributed by atoms with Crippen molar-refractivity contribution in [3.63, 3.8) is 0 Å². The van der Waals surface area contributed by atoms with Crippen LogP contribution in [0.1, 0.15) is 17.3 Å². The van der Waals surface area contributed by atoms with Gasteiger partial charge in [-0.1, -0.05) is 0 Å². The lowest BCUT2D eigenvalue weighted by molar-refractivity contribution is 0.0943. The highest BCUT2D eigenvalue weighted by Crippen LogP contribution is 2.13. The molecule has 6 nitrogen and oxygen atoms in total. The highest BCUT2D eigenvalue weighted by Gasteiger charge is 2.16. The first-order chi connectivity index (χ1) is 9.09. The second-order valence-electron chi connectivity index (χ2n) is 4.33. The Morgan fingerprint density at radius 1 is 1.45 bits per heavy atom. The van der Waals surface area contributed by atoms with E-state index in [0.29, 0.717) is 0 Å². The highest BCUT2D eigenvalue weighted by molar-refractivity contribution is 7.89. The van der Waals surface area contributed by atoms with Crippen LogP contribution in [-0.2, 0) is 20.8 Å². The van der Waals surface area contributed by atoms with Crippen molar-refractivity contribution < 1.29 is 21.8 Å². The fraction of sp³-hybridized carbons (Fsp3) is 0.364. The van der Waals surface area contributed by atoms with E-state index < -0.39 is 43.5 Å². The molecule has 0 saturated carbocycles. The Bertz CT molecular complexity index is 646. The number of halogens is 1. The molecule has 0 radical (unpaired) electrons. The molecule has 0 aromatic heterocycles.